The molecule has 0 spiro atoms. The van der Waals surface area contributed by atoms with E-state index in [1.165, 1.54) is 11.1 Å². The molecule has 4 nitrogen and oxygen atoms in total. The second kappa shape index (κ2) is 9.53. The van der Waals surface area contributed by atoms with Gasteiger partial charge < -0.3 is 15.3 Å². The van der Waals surface area contributed by atoms with Gasteiger partial charge in [0.25, 0.3) is 0 Å². The van der Waals surface area contributed by atoms with Crippen molar-refractivity contribution in [3.05, 3.63) is 59.2 Å². The molecule has 0 heterocycles. The molecule has 0 aromatic heterocycles. The molecule has 0 radical (unpaired) electrons. The molecule has 3 N–H and O–H groups in total. The molecule has 4 heteroatoms. The summed E-state index contributed by atoms with van der Waals surface area (Å²) in [5.74, 6) is 0.180. The van der Waals surface area contributed by atoms with Crippen LogP contribution in [0.5, 0.6) is 0 Å². The fourth-order valence-electron chi connectivity index (χ4n) is 4.82. The quantitative estimate of drug-likeness (QED) is 0.443. The summed E-state index contributed by atoms with van der Waals surface area (Å²) in [7, 11) is 0. The van der Waals surface area contributed by atoms with Gasteiger partial charge in [-0.05, 0) is 56.4 Å². The molecule has 1 aromatic carbocycles. The van der Waals surface area contributed by atoms with Crippen molar-refractivity contribution in [2.75, 3.05) is 0 Å². The Balaban J connectivity index is 1.51. The summed E-state index contributed by atoms with van der Waals surface area (Å²) in [4.78, 5) is 10.6. The van der Waals surface area contributed by atoms with E-state index in [-0.39, 0.29) is 18.4 Å². The number of aliphatic carboxylic acids is 1. The Bertz CT molecular complexity index is 736. The molecule has 28 heavy (non-hydrogen) atoms. The van der Waals surface area contributed by atoms with Gasteiger partial charge in [0.05, 0.1) is 12.2 Å². The van der Waals surface area contributed by atoms with Crippen LogP contribution in [0.15, 0.2) is 48.1 Å². The number of hydrogen-bond donors (Lipinski definition) is 3. The lowest BCUT2D eigenvalue weighted by molar-refractivity contribution is -0.137. The number of aliphatic hydroxyl groups excluding tert-OH is 2. The summed E-state index contributed by atoms with van der Waals surface area (Å²) in [6.45, 7) is 2.05. The van der Waals surface area contributed by atoms with Crippen molar-refractivity contribution in [2.45, 2.75) is 64.1 Å². The number of hydrogen-bond acceptors (Lipinski definition) is 3. The zero-order valence-electron chi connectivity index (χ0n) is 16.6. The minimum Gasteiger partial charge on any atom is -0.481 e. The van der Waals surface area contributed by atoms with E-state index >= 15 is 0 Å². The molecule has 0 saturated heterocycles. The molecule has 2 aliphatic carbocycles. The molecule has 3 rings (SSSR count). The van der Waals surface area contributed by atoms with Crippen molar-refractivity contribution >= 4 is 5.97 Å². The predicted octanol–water partition coefficient (Wildman–Crippen LogP) is 4.04. The number of aliphatic hydroxyl groups is 2. The molecular formula is C24H32O4. The number of carboxylic acids is 1. The molecule has 1 fully saturated rings. The summed E-state index contributed by atoms with van der Waals surface area (Å²) in [5.41, 5.74) is 3.72. The fraction of sp³-hybridized carbons (Fsp3) is 0.542. The molecule has 0 amide bonds. The smallest absolute Gasteiger partial charge is 0.303 e. The Morgan fingerprint density at radius 2 is 2.14 bits per heavy atom. The van der Waals surface area contributed by atoms with E-state index in [0.717, 1.165) is 37.7 Å². The van der Waals surface area contributed by atoms with E-state index in [9.17, 15) is 15.0 Å². The van der Waals surface area contributed by atoms with Crippen LogP contribution in [0.1, 0.15) is 49.7 Å². The van der Waals surface area contributed by atoms with Gasteiger partial charge in [-0.25, -0.2) is 0 Å². The summed E-state index contributed by atoms with van der Waals surface area (Å²) in [6.07, 6.45) is 10.5. The van der Waals surface area contributed by atoms with Crippen LogP contribution in [0, 0.1) is 24.7 Å². The second-order valence-electron chi connectivity index (χ2n) is 8.48. The average molecular weight is 385 g/mol. The van der Waals surface area contributed by atoms with Gasteiger partial charge in [0.15, 0.2) is 0 Å². The highest BCUT2D eigenvalue weighted by atomic mass is 16.4. The lowest BCUT2D eigenvalue weighted by Gasteiger charge is -2.19. The molecule has 1 saturated carbocycles. The number of unbranched alkanes of at least 4 members (excludes halogenated alkanes) is 1. The molecule has 5 atom stereocenters. The Morgan fingerprint density at radius 1 is 1.32 bits per heavy atom. The maximum atomic E-state index is 10.6. The van der Waals surface area contributed by atoms with E-state index in [1.807, 2.05) is 37.3 Å². The standard InChI is InChI=1S/C24H32O4/c1-16-5-4-7-17(11-16)13-20(25)9-10-21-22-14-18(6-2-3-8-24(27)28)12-19(22)15-23(21)26/h4-5,7,9-12,19-23,25-26H,2-3,6,8,13-15H2,1H3,(H,27,28)/b10-9+/t19?,20?,21-,22?,23?/m1/s1. The van der Waals surface area contributed by atoms with Crippen LogP contribution >= 0.6 is 0 Å². The van der Waals surface area contributed by atoms with Crippen LogP contribution in [0.4, 0.5) is 0 Å². The molecule has 0 bridgehead atoms. The minimum atomic E-state index is -0.727. The van der Waals surface area contributed by atoms with Crippen molar-refractivity contribution in [1.29, 1.82) is 0 Å². The maximum Gasteiger partial charge on any atom is 0.303 e. The third-order valence-corrected chi connectivity index (χ3v) is 6.17. The lowest BCUT2D eigenvalue weighted by Crippen LogP contribution is -2.18. The van der Waals surface area contributed by atoms with Crippen LogP contribution < -0.4 is 0 Å². The highest BCUT2D eigenvalue weighted by Gasteiger charge is 2.43. The number of allylic oxidation sites excluding steroid dienone is 2. The summed E-state index contributed by atoms with van der Waals surface area (Å²) >= 11 is 0. The van der Waals surface area contributed by atoms with Gasteiger partial charge in [0.1, 0.15) is 0 Å². The van der Waals surface area contributed by atoms with E-state index in [0.29, 0.717) is 18.3 Å². The average Bonchev–Trinajstić information content (AvgIpc) is 3.13. The number of rotatable bonds is 9. The highest BCUT2D eigenvalue weighted by Crippen LogP contribution is 2.48. The Labute approximate surface area is 167 Å². The third kappa shape index (κ3) is 5.55. The molecule has 152 valence electrons. The van der Waals surface area contributed by atoms with Gasteiger partial charge in [-0.15, -0.1) is 0 Å². The van der Waals surface area contributed by atoms with Gasteiger partial charge in [-0.3, -0.25) is 4.79 Å². The monoisotopic (exact) mass is 384 g/mol. The van der Waals surface area contributed by atoms with Crippen LogP contribution in [0.25, 0.3) is 0 Å². The Morgan fingerprint density at radius 3 is 2.89 bits per heavy atom. The van der Waals surface area contributed by atoms with E-state index in [1.54, 1.807) is 0 Å². The molecule has 1 aromatic rings. The first-order chi connectivity index (χ1) is 13.4. The predicted molar refractivity (Wildman–Crippen MR) is 110 cm³/mol. The van der Waals surface area contributed by atoms with E-state index in [4.69, 9.17) is 5.11 Å². The van der Waals surface area contributed by atoms with Gasteiger partial charge in [-0.2, -0.15) is 0 Å². The van der Waals surface area contributed by atoms with Crippen LogP contribution in [-0.4, -0.2) is 33.5 Å². The van der Waals surface area contributed by atoms with Crippen molar-refractivity contribution in [1.82, 2.24) is 0 Å². The largest absolute Gasteiger partial charge is 0.481 e. The van der Waals surface area contributed by atoms with E-state index in [2.05, 4.69) is 12.1 Å². The van der Waals surface area contributed by atoms with Gasteiger partial charge in [0, 0.05) is 18.8 Å². The Kier molecular flexibility index (Phi) is 7.08. The fourth-order valence-corrected chi connectivity index (χ4v) is 4.82. The number of carbonyl (C=O) groups is 1. The Hall–Kier alpha value is -1.91. The summed E-state index contributed by atoms with van der Waals surface area (Å²) in [6, 6.07) is 8.18. The molecule has 4 unspecified atom stereocenters. The first-order valence-electron chi connectivity index (χ1n) is 10.4. The van der Waals surface area contributed by atoms with Gasteiger partial charge in [0.2, 0.25) is 0 Å². The zero-order valence-corrected chi connectivity index (χ0v) is 16.6. The molecular weight excluding hydrogens is 352 g/mol. The van der Waals surface area contributed by atoms with Crippen molar-refractivity contribution in [3.8, 4) is 0 Å². The summed E-state index contributed by atoms with van der Waals surface area (Å²) < 4.78 is 0. The van der Waals surface area contributed by atoms with Crippen molar-refractivity contribution < 1.29 is 20.1 Å². The van der Waals surface area contributed by atoms with Gasteiger partial charge in [-0.1, -0.05) is 53.6 Å². The highest BCUT2D eigenvalue weighted by molar-refractivity contribution is 5.66. The lowest BCUT2D eigenvalue weighted by atomic mass is 9.88. The number of carboxylic acid groups (broad SMARTS) is 1. The zero-order chi connectivity index (χ0) is 20.1. The maximum absolute atomic E-state index is 10.6. The SMILES string of the molecule is Cc1cccc(CC(O)/C=C/[C@H]2C(O)CC3C=C(CCCCC(=O)O)CC32)c1. The van der Waals surface area contributed by atoms with E-state index < -0.39 is 12.1 Å². The number of fused-ring (bicyclic) bond motifs is 1. The third-order valence-electron chi connectivity index (χ3n) is 6.17. The number of aryl methyl sites for hydroxylation is 1. The van der Waals surface area contributed by atoms with Gasteiger partial charge >= 0.3 is 5.97 Å². The second-order valence-corrected chi connectivity index (χ2v) is 8.48. The van der Waals surface area contributed by atoms with Crippen LogP contribution in [0.2, 0.25) is 0 Å². The normalized spacial score (nSPS) is 27.8. The van der Waals surface area contributed by atoms with Crippen molar-refractivity contribution in [3.63, 3.8) is 0 Å². The van der Waals surface area contributed by atoms with Crippen molar-refractivity contribution in [2.24, 2.45) is 17.8 Å². The topological polar surface area (TPSA) is 77.8 Å². The summed E-state index contributed by atoms with van der Waals surface area (Å²) in [5, 5.41) is 29.6. The molecule has 2 aliphatic rings. The minimum absolute atomic E-state index is 0.0879. The first-order valence-corrected chi connectivity index (χ1v) is 10.4. The molecule has 0 aliphatic heterocycles. The van der Waals surface area contributed by atoms with Crippen LogP contribution in [0.3, 0.4) is 0 Å². The van der Waals surface area contributed by atoms with Crippen LogP contribution in [-0.2, 0) is 11.2 Å². The number of benzene rings is 1. The first kappa shape index (κ1) is 20.8.